The number of benzene rings is 3. The molecule has 1 N–H and O–H groups in total. The van der Waals surface area contributed by atoms with Crippen molar-refractivity contribution in [3.8, 4) is 11.3 Å². The number of halogens is 3. The first-order chi connectivity index (χ1) is 20.7. The summed E-state index contributed by atoms with van der Waals surface area (Å²) in [6, 6.07) is 25.3. The fraction of sp³-hybridized carbons (Fsp3) is 0.182. The van der Waals surface area contributed by atoms with E-state index in [0.29, 0.717) is 35.5 Å². The van der Waals surface area contributed by atoms with E-state index in [1.54, 1.807) is 6.07 Å². The Balaban J connectivity index is 1.42. The number of H-pyrrole nitrogens is 1. The van der Waals surface area contributed by atoms with Gasteiger partial charge in [-0.2, -0.15) is 0 Å². The summed E-state index contributed by atoms with van der Waals surface area (Å²) in [5, 5.41) is 0.486. The average Bonchev–Trinajstić information content (AvgIpc) is 3.44. The zero-order valence-electron chi connectivity index (χ0n) is 23.2. The van der Waals surface area contributed by atoms with Gasteiger partial charge >= 0.3 is 5.97 Å². The second kappa shape index (κ2) is 11.3. The Labute approximate surface area is 245 Å². The van der Waals surface area contributed by atoms with Crippen molar-refractivity contribution in [2.24, 2.45) is 0 Å². The summed E-state index contributed by atoms with van der Waals surface area (Å²) in [5.41, 5.74) is 3.26. The van der Waals surface area contributed by atoms with Crippen LogP contribution in [0.3, 0.4) is 0 Å². The Morgan fingerprint density at radius 3 is 2.14 bits per heavy atom. The second-order valence-electron chi connectivity index (χ2n) is 10.5. The lowest BCUT2D eigenvalue weighted by Gasteiger charge is -2.38. The highest BCUT2D eigenvalue weighted by atomic mass is 19.3. The van der Waals surface area contributed by atoms with Gasteiger partial charge in [-0.1, -0.05) is 60.7 Å². The fourth-order valence-corrected chi connectivity index (χ4v) is 5.28. The third-order valence-corrected chi connectivity index (χ3v) is 7.42. The van der Waals surface area contributed by atoms with Crippen molar-refractivity contribution in [1.82, 2.24) is 14.9 Å². The van der Waals surface area contributed by atoms with Crippen LogP contribution in [-0.2, 0) is 17.8 Å². The first-order valence-corrected chi connectivity index (χ1v) is 13.6. The number of carbonyl (C=O) groups excluding carboxylic acids is 2. The monoisotopic (exact) mass is 584 g/mol. The van der Waals surface area contributed by atoms with Gasteiger partial charge in [0, 0.05) is 41.5 Å². The molecule has 1 aliphatic rings. The van der Waals surface area contributed by atoms with E-state index in [9.17, 15) is 18.4 Å². The number of alkyl halides is 2. The fourth-order valence-electron chi connectivity index (χ4n) is 5.28. The van der Waals surface area contributed by atoms with Crippen LogP contribution in [0.2, 0.25) is 0 Å². The lowest BCUT2D eigenvalue weighted by molar-refractivity contribution is -0.113. The maximum Gasteiger partial charge on any atom is 0.340 e. The maximum atomic E-state index is 15.5. The SMILES string of the molecule is COC(=O)c1cnc(N(Cc2ccccc2)Cc2ccccc2)c2[nH]c(-c3ccc(C(=O)N4CC(F)(F)C4)cc3F)cc12. The van der Waals surface area contributed by atoms with E-state index in [0.717, 1.165) is 22.1 Å². The Morgan fingerprint density at radius 2 is 1.58 bits per heavy atom. The number of methoxy groups -OCH3 is 1. The molecule has 0 spiro atoms. The van der Waals surface area contributed by atoms with Gasteiger partial charge in [0.2, 0.25) is 0 Å². The van der Waals surface area contributed by atoms with E-state index in [1.165, 1.54) is 25.4 Å². The third-order valence-electron chi connectivity index (χ3n) is 7.42. The van der Waals surface area contributed by atoms with E-state index < -0.39 is 36.7 Å². The van der Waals surface area contributed by atoms with Crippen LogP contribution >= 0.6 is 0 Å². The minimum absolute atomic E-state index is 0.0256. The van der Waals surface area contributed by atoms with Crippen LogP contribution in [0.1, 0.15) is 31.8 Å². The number of nitrogens with one attached hydrogen (secondary N) is 1. The molecule has 1 saturated heterocycles. The highest BCUT2D eigenvalue weighted by Gasteiger charge is 2.46. The van der Waals surface area contributed by atoms with Crippen molar-refractivity contribution in [2.75, 3.05) is 25.1 Å². The molecule has 0 bridgehead atoms. The highest BCUT2D eigenvalue weighted by Crippen LogP contribution is 2.35. The molecule has 7 nitrogen and oxygen atoms in total. The average molecular weight is 585 g/mol. The molecule has 6 rings (SSSR count). The number of likely N-dealkylation sites (tertiary alicyclic amines) is 1. The summed E-state index contributed by atoms with van der Waals surface area (Å²) in [7, 11) is 1.27. The normalized spacial score (nSPS) is 13.9. The van der Waals surface area contributed by atoms with E-state index in [4.69, 9.17) is 4.74 Å². The number of pyridine rings is 1. The van der Waals surface area contributed by atoms with Gasteiger partial charge in [-0.15, -0.1) is 0 Å². The number of carbonyl (C=O) groups is 2. The van der Waals surface area contributed by atoms with Gasteiger partial charge in [-0.25, -0.2) is 22.9 Å². The van der Waals surface area contributed by atoms with Crippen LogP contribution in [0.15, 0.2) is 91.1 Å². The number of hydrogen-bond donors (Lipinski definition) is 1. The Kier molecular flexibility index (Phi) is 7.35. The number of esters is 1. The van der Waals surface area contributed by atoms with Crippen molar-refractivity contribution >= 4 is 28.6 Å². The molecular weight excluding hydrogens is 557 g/mol. The first kappa shape index (κ1) is 28.0. The lowest BCUT2D eigenvalue weighted by Crippen LogP contribution is -2.58. The van der Waals surface area contributed by atoms with Gasteiger partial charge in [0.05, 0.1) is 31.3 Å². The van der Waals surface area contributed by atoms with Crippen LogP contribution in [0.4, 0.5) is 19.0 Å². The van der Waals surface area contributed by atoms with E-state index in [2.05, 4.69) is 14.9 Å². The summed E-state index contributed by atoms with van der Waals surface area (Å²) in [6.45, 7) is -0.369. The molecule has 1 aliphatic heterocycles. The summed E-state index contributed by atoms with van der Waals surface area (Å²) in [4.78, 5) is 36.3. The van der Waals surface area contributed by atoms with Gasteiger partial charge in [-0.3, -0.25) is 4.79 Å². The highest BCUT2D eigenvalue weighted by molar-refractivity contribution is 6.08. The van der Waals surface area contributed by atoms with Gasteiger partial charge in [-0.05, 0) is 35.4 Å². The molecule has 3 heterocycles. The predicted molar refractivity (Wildman–Crippen MR) is 156 cm³/mol. The van der Waals surface area contributed by atoms with Crippen LogP contribution in [0.5, 0.6) is 0 Å². The van der Waals surface area contributed by atoms with Crippen molar-refractivity contribution in [1.29, 1.82) is 0 Å². The molecule has 5 aromatic rings. The largest absolute Gasteiger partial charge is 0.465 e. The number of rotatable bonds is 8. The summed E-state index contributed by atoms with van der Waals surface area (Å²) in [6.07, 6.45) is 1.45. The Morgan fingerprint density at radius 1 is 0.953 bits per heavy atom. The number of amides is 1. The third kappa shape index (κ3) is 5.68. The maximum absolute atomic E-state index is 15.5. The predicted octanol–water partition coefficient (Wildman–Crippen LogP) is 6.45. The number of ether oxygens (including phenoxy) is 1. The molecule has 0 aliphatic carbocycles. The van der Waals surface area contributed by atoms with Crippen molar-refractivity contribution in [2.45, 2.75) is 19.0 Å². The molecule has 3 aromatic carbocycles. The topological polar surface area (TPSA) is 78.5 Å². The molecule has 43 heavy (non-hydrogen) atoms. The molecule has 1 fully saturated rings. The number of anilines is 1. The minimum atomic E-state index is -2.92. The first-order valence-electron chi connectivity index (χ1n) is 13.6. The molecule has 0 radical (unpaired) electrons. The van der Waals surface area contributed by atoms with Crippen LogP contribution in [-0.4, -0.2) is 52.9 Å². The van der Waals surface area contributed by atoms with E-state index >= 15 is 4.39 Å². The smallest absolute Gasteiger partial charge is 0.340 e. The summed E-state index contributed by atoms with van der Waals surface area (Å²) in [5.74, 6) is -4.35. The van der Waals surface area contributed by atoms with Crippen molar-refractivity contribution in [3.63, 3.8) is 0 Å². The Hall–Kier alpha value is -5.12. The number of hydrogen-bond acceptors (Lipinski definition) is 5. The van der Waals surface area contributed by atoms with E-state index in [1.807, 2.05) is 60.7 Å². The number of aromatic amines is 1. The number of nitrogens with zero attached hydrogens (tertiary/aromatic N) is 3. The van der Waals surface area contributed by atoms with Gasteiger partial charge in [0.1, 0.15) is 5.82 Å². The molecule has 0 unspecified atom stereocenters. The zero-order chi connectivity index (χ0) is 30.1. The summed E-state index contributed by atoms with van der Waals surface area (Å²) >= 11 is 0. The van der Waals surface area contributed by atoms with Gasteiger partial charge < -0.3 is 19.5 Å². The molecular formula is C33H27F3N4O3. The molecule has 0 saturated carbocycles. The molecule has 0 atom stereocenters. The van der Waals surface area contributed by atoms with E-state index in [-0.39, 0.29) is 16.7 Å². The van der Waals surface area contributed by atoms with Crippen LogP contribution in [0.25, 0.3) is 22.2 Å². The zero-order valence-corrected chi connectivity index (χ0v) is 23.2. The number of aromatic nitrogens is 2. The van der Waals surface area contributed by atoms with Gasteiger partial charge in [0.15, 0.2) is 5.82 Å². The summed E-state index contributed by atoms with van der Waals surface area (Å²) < 4.78 is 47.0. The van der Waals surface area contributed by atoms with Gasteiger partial charge in [0.25, 0.3) is 11.8 Å². The molecule has 1 amide bonds. The Bertz CT molecular complexity index is 1760. The van der Waals surface area contributed by atoms with Crippen molar-refractivity contribution < 1.29 is 27.5 Å². The van der Waals surface area contributed by atoms with Crippen LogP contribution < -0.4 is 4.90 Å². The van der Waals surface area contributed by atoms with Crippen molar-refractivity contribution in [3.05, 3.63) is 119 Å². The standard InChI is InChI=1S/C33H27F3N4O3/c1-43-32(42)26-16-37-30(39(17-21-8-4-2-5-9-21)18-22-10-6-3-7-11-22)29-25(26)15-28(38-29)24-13-12-23(14-27(24)34)31(41)40-19-33(35,36)20-40/h2-16,38H,17-20H2,1H3. The lowest BCUT2D eigenvalue weighted by atomic mass is 10.0. The minimum Gasteiger partial charge on any atom is -0.465 e. The molecule has 218 valence electrons. The number of fused-ring (bicyclic) bond motifs is 1. The molecule has 10 heteroatoms. The second-order valence-corrected chi connectivity index (χ2v) is 10.5. The quantitative estimate of drug-likeness (QED) is 0.212. The molecule has 2 aromatic heterocycles. The van der Waals surface area contributed by atoms with Crippen LogP contribution in [0, 0.1) is 5.82 Å².